The van der Waals surface area contributed by atoms with Gasteiger partial charge in [-0.1, -0.05) is 12.1 Å². The molecule has 8 nitrogen and oxygen atoms in total. The Labute approximate surface area is 167 Å². The number of anilines is 1. The number of amides is 1. The molecule has 1 aliphatic rings. The molecule has 1 amide bonds. The van der Waals surface area contributed by atoms with Crippen LogP contribution in [0.3, 0.4) is 0 Å². The fourth-order valence-corrected chi connectivity index (χ4v) is 3.19. The van der Waals surface area contributed by atoms with Crippen LogP contribution >= 0.6 is 0 Å². The average molecular weight is 411 g/mol. The normalized spacial score (nSPS) is 15.1. The molecule has 1 fully saturated rings. The second-order valence-electron chi connectivity index (χ2n) is 6.68. The third-order valence-corrected chi connectivity index (χ3v) is 5.13. The zero-order chi connectivity index (χ0) is 20.4. The number of sulfone groups is 1. The van der Waals surface area contributed by atoms with Crippen molar-refractivity contribution in [2.24, 2.45) is 4.99 Å². The molecule has 2 rings (SSSR count). The van der Waals surface area contributed by atoms with Gasteiger partial charge in [-0.2, -0.15) is 0 Å². The Bertz CT molecular complexity index is 763. The van der Waals surface area contributed by atoms with Crippen molar-refractivity contribution in [1.82, 2.24) is 10.6 Å². The van der Waals surface area contributed by atoms with Crippen molar-refractivity contribution in [3.63, 3.8) is 0 Å². The van der Waals surface area contributed by atoms with Crippen LogP contribution in [0.25, 0.3) is 0 Å². The maximum absolute atomic E-state index is 11.8. The number of nitrogens with one attached hydrogen (secondary N) is 2. The minimum atomic E-state index is -2.99. The number of carbonyl (C=O) groups excluding carboxylic acids is 1. The lowest BCUT2D eigenvalue weighted by molar-refractivity contribution is -0.117. The fraction of sp³-hybridized carbons (Fsp3) is 0.579. The number of rotatable bonds is 10. The Morgan fingerprint density at radius 2 is 1.96 bits per heavy atom. The molecule has 156 valence electrons. The molecule has 1 aromatic carbocycles. The summed E-state index contributed by atoms with van der Waals surface area (Å²) in [7, 11) is -2.99. The van der Waals surface area contributed by atoms with Gasteiger partial charge in [0.2, 0.25) is 5.91 Å². The topological polar surface area (TPSA) is 100 Å². The summed E-state index contributed by atoms with van der Waals surface area (Å²) < 4.78 is 27.4. The summed E-state index contributed by atoms with van der Waals surface area (Å²) in [5.74, 6) is 0.886. The summed E-state index contributed by atoms with van der Waals surface area (Å²) in [6.45, 7) is 5.15. The van der Waals surface area contributed by atoms with E-state index in [4.69, 9.17) is 4.74 Å². The van der Waals surface area contributed by atoms with Crippen LogP contribution in [0.15, 0.2) is 29.3 Å². The SMILES string of the molecule is CCNC(=NCc1ccc(N2CCCC2=O)cc1)NCCOCCS(C)(=O)=O. The molecule has 2 N–H and O–H groups in total. The number of hydrogen-bond acceptors (Lipinski definition) is 5. The van der Waals surface area contributed by atoms with Crippen molar-refractivity contribution in [2.45, 2.75) is 26.3 Å². The molecule has 0 aliphatic carbocycles. The van der Waals surface area contributed by atoms with E-state index in [1.807, 2.05) is 36.1 Å². The first-order chi connectivity index (χ1) is 13.4. The highest BCUT2D eigenvalue weighted by molar-refractivity contribution is 7.90. The van der Waals surface area contributed by atoms with Gasteiger partial charge in [-0.3, -0.25) is 4.79 Å². The molecule has 0 bridgehead atoms. The Morgan fingerprint density at radius 1 is 1.21 bits per heavy atom. The van der Waals surface area contributed by atoms with Crippen LogP contribution in [0.4, 0.5) is 5.69 Å². The maximum Gasteiger partial charge on any atom is 0.227 e. The number of benzene rings is 1. The lowest BCUT2D eigenvalue weighted by atomic mass is 10.2. The van der Waals surface area contributed by atoms with Crippen LogP contribution in [-0.2, 0) is 25.9 Å². The maximum atomic E-state index is 11.8. The monoisotopic (exact) mass is 410 g/mol. The second kappa shape index (κ2) is 11.0. The first-order valence-corrected chi connectivity index (χ1v) is 11.6. The van der Waals surface area contributed by atoms with Crippen molar-refractivity contribution in [3.8, 4) is 0 Å². The lowest BCUT2D eigenvalue weighted by Crippen LogP contribution is -2.39. The minimum absolute atomic E-state index is 0.0280. The van der Waals surface area contributed by atoms with Crippen LogP contribution in [0.2, 0.25) is 0 Å². The molecule has 9 heteroatoms. The van der Waals surface area contributed by atoms with Gasteiger partial charge in [-0.25, -0.2) is 13.4 Å². The highest BCUT2D eigenvalue weighted by Crippen LogP contribution is 2.21. The molecule has 0 unspecified atom stereocenters. The van der Waals surface area contributed by atoms with Crippen LogP contribution < -0.4 is 15.5 Å². The smallest absolute Gasteiger partial charge is 0.227 e. The van der Waals surface area contributed by atoms with Gasteiger partial charge in [0.05, 0.1) is 25.5 Å². The number of guanidine groups is 1. The lowest BCUT2D eigenvalue weighted by Gasteiger charge is -2.16. The highest BCUT2D eigenvalue weighted by atomic mass is 32.2. The highest BCUT2D eigenvalue weighted by Gasteiger charge is 2.21. The predicted octanol–water partition coefficient (Wildman–Crippen LogP) is 0.930. The molecule has 0 spiro atoms. The van der Waals surface area contributed by atoms with Gasteiger partial charge in [0, 0.05) is 38.0 Å². The summed E-state index contributed by atoms with van der Waals surface area (Å²) in [5, 5.41) is 6.33. The molecule has 0 saturated carbocycles. The molecular weight excluding hydrogens is 380 g/mol. The molecule has 0 atom stereocenters. The summed E-state index contributed by atoms with van der Waals surface area (Å²) in [6, 6.07) is 7.90. The fourth-order valence-electron chi connectivity index (χ4n) is 2.77. The number of aliphatic imine (C=N–C) groups is 1. The van der Waals surface area contributed by atoms with Crippen molar-refractivity contribution in [3.05, 3.63) is 29.8 Å². The first kappa shape index (κ1) is 22.2. The van der Waals surface area contributed by atoms with Crippen LogP contribution in [0.1, 0.15) is 25.3 Å². The van der Waals surface area contributed by atoms with E-state index in [9.17, 15) is 13.2 Å². The number of hydrogen-bond donors (Lipinski definition) is 2. The van der Waals surface area contributed by atoms with Crippen molar-refractivity contribution < 1.29 is 17.9 Å². The van der Waals surface area contributed by atoms with E-state index in [0.717, 1.165) is 30.8 Å². The van der Waals surface area contributed by atoms with Gasteiger partial charge < -0.3 is 20.3 Å². The standard InChI is InChI=1S/C19H30N4O4S/c1-3-20-19(21-10-12-27-13-14-28(2,25)26)22-15-16-6-8-17(9-7-16)23-11-4-5-18(23)24/h6-9H,3-5,10-15H2,1-2H3,(H2,20,21,22). The Morgan fingerprint density at radius 3 is 2.57 bits per heavy atom. The van der Waals surface area contributed by atoms with Gasteiger partial charge in [-0.15, -0.1) is 0 Å². The van der Waals surface area contributed by atoms with E-state index in [1.165, 1.54) is 6.26 Å². The van der Waals surface area contributed by atoms with Gasteiger partial charge in [-0.05, 0) is 31.0 Å². The molecule has 1 aromatic rings. The second-order valence-corrected chi connectivity index (χ2v) is 8.94. The van der Waals surface area contributed by atoms with Crippen LogP contribution in [0, 0.1) is 0 Å². The third-order valence-electron chi connectivity index (χ3n) is 4.22. The van der Waals surface area contributed by atoms with Gasteiger partial charge in [0.25, 0.3) is 0 Å². The van der Waals surface area contributed by atoms with E-state index in [-0.39, 0.29) is 18.3 Å². The van der Waals surface area contributed by atoms with Crippen LogP contribution in [-0.4, -0.2) is 65.1 Å². The summed E-state index contributed by atoms with van der Waals surface area (Å²) in [4.78, 5) is 18.2. The minimum Gasteiger partial charge on any atom is -0.379 e. The number of nitrogens with zero attached hydrogens (tertiary/aromatic N) is 2. The van der Waals surface area contributed by atoms with Gasteiger partial charge >= 0.3 is 0 Å². The van der Waals surface area contributed by atoms with Crippen molar-refractivity contribution in [1.29, 1.82) is 0 Å². The Hall–Kier alpha value is -2.13. The predicted molar refractivity (Wildman–Crippen MR) is 111 cm³/mol. The molecule has 1 saturated heterocycles. The summed E-state index contributed by atoms with van der Waals surface area (Å²) in [6.07, 6.45) is 2.74. The van der Waals surface area contributed by atoms with Crippen LogP contribution in [0.5, 0.6) is 0 Å². The Balaban J connectivity index is 1.78. The average Bonchev–Trinajstić information content (AvgIpc) is 3.08. The van der Waals surface area contributed by atoms with E-state index in [1.54, 1.807) is 0 Å². The molecular formula is C19H30N4O4S. The zero-order valence-electron chi connectivity index (χ0n) is 16.6. The largest absolute Gasteiger partial charge is 0.379 e. The molecule has 28 heavy (non-hydrogen) atoms. The van der Waals surface area contributed by atoms with Crippen molar-refractivity contribution in [2.75, 3.05) is 49.8 Å². The third kappa shape index (κ3) is 7.85. The molecule has 0 radical (unpaired) electrons. The van der Waals surface area contributed by atoms with E-state index in [2.05, 4.69) is 15.6 Å². The molecule has 1 heterocycles. The number of ether oxygens (including phenoxy) is 1. The van der Waals surface area contributed by atoms with Gasteiger partial charge in [0.1, 0.15) is 9.84 Å². The van der Waals surface area contributed by atoms with Crippen molar-refractivity contribution >= 4 is 27.4 Å². The summed E-state index contributed by atoms with van der Waals surface area (Å²) >= 11 is 0. The van der Waals surface area contributed by atoms with Gasteiger partial charge in [0.15, 0.2) is 5.96 Å². The molecule has 0 aromatic heterocycles. The number of carbonyl (C=O) groups is 1. The van der Waals surface area contributed by atoms with E-state index >= 15 is 0 Å². The Kier molecular flexibility index (Phi) is 8.72. The zero-order valence-corrected chi connectivity index (χ0v) is 17.4. The van der Waals surface area contributed by atoms with E-state index < -0.39 is 9.84 Å². The first-order valence-electron chi connectivity index (χ1n) is 9.56. The quantitative estimate of drug-likeness (QED) is 0.338. The van der Waals surface area contributed by atoms with E-state index in [0.29, 0.717) is 32.1 Å². The summed E-state index contributed by atoms with van der Waals surface area (Å²) in [5.41, 5.74) is 1.99. The molecule has 1 aliphatic heterocycles.